The topological polar surface area (TPSA) is 111 Å². The molecule has 0 amide bonds. The zero-order chi connectivity index (χ0) is 42.2. The third-order valence-electron chi connectivity index (χ3n) is 11.8. The monoisotopic (exact) mass is 794 g/mol. The molecule has 9 heteroatoms. The van der Waals surface area contributed by atoms with Gasteiger partial charge in [-0.1, -0.05) is 77.6 Å². The van der Waals surface area contributed by atoms with Crippen molar-refractivity contribution in [3.05, 3.63) is 132 Å². The second-order valence-corrected chi connectivity index (χ2v) is 17.2. The fraction of sp³-hybridized carbons (Fsp3) is 0.360. The lowest BCUT2D eigenvalue weighted by Gasteiger charge is -2.39. The zero-order valence-electron chi connectivity index (χ0n) is 35.6. The lowest BCUT2D eigenvalue weighted by molar-refractivity contribution is -0.137. The van der Waals surface area contributed by atoms with Gasteiger partial charge in [-0.15, -0.1) is 5.11 Å². The Kier molecular flexibility index (Phi) is 13.2. The van der Waals surface area contributed by atoms with Crippen molar-refractivity contribution in [1.82, 2.24) is 0 Å². The SMILES string of the molecule is C=CC(=O)OCCCCCCOc1ccc(C(=O)Oc2ccc(CCC3(C)Nc4cccc5c(/N=N/c6ccc(C(C)(C)C(C)(C)C)cc6C)ccc(c45)N3)cc2)cc1. The van der Waals surface area contributed by atoms with Crippen LogP contribution in [-0.4, -0.2) is 30.8 Å². The van der Waals surface area contributed by atoms with Gasteiger partial charge in [-0.05, 0) is 141 Å². The summed E-state index contributed by atoms with van der Waals surface area (Å²) in [5.41, 5.74) is 7.54. The first-order valence-corrected chi connectivity index (χ1v) is 20.6. The summed E-state index contributed by atoms with van der Waals surface area (Å²) >= 11 is 0. The zero-order valence-corrected chi connectivity index (χ0v) is 35.6. The fourth-order valence-corrected chi connectivity index (χ4v) is 7.09. The molecule has 1 unspecified atom stereocenters. The fourth-order valence-electron chi connectivity index (χ4n) is 7.09. The molecule has 308 valence electrons. The number of esters is 2. The van der Waals surface area contributed by atoms with E-state index in [1.807, 2.05) is 30.3 Å². The Morgan fingerprint density at radius 1 is 0.763 bits per heavy atom. The van der Waals surface area contributed by atoms with E-state index in [0.717, 1.165) is 83.2 Å². The quantitative estimate of drug-likeness (QED) is 0.0317. The number of benzene rings is 5. The number of hydrogen-bond acceptors (Lipinski definition) is 9. The Labute approximate surface area is 349 Å². The van der Waals surface area contributed by atoms with E-state index in [0.29, 0.717) is 30.3 Å². The maximum absolute atomic E-state index is 12.9. The number of anilines is 2. The van der Waals surface area contributed by atoms with Crippen molar-refractivity contribution < 1.29 is 23.8 Å². The number of ether oxygens (including phenoxy) is 3. The minimum Gasteiger partial charge on any atom is -0.494 e. The van der Waals surface area contributed by atoms with Crippen molar-refractivity contribution in [2.75, 3.05) is 23.8 Å². The van der Waals surface area contributed by atoms with Gasteiger partial charge in [0.15, 0.2) is 0 Å². The van der Waals surface area contributed by atoms with Crippen LogP contribution in [0, 0.1) is 12.3 Å². The van der Waals surface area contributed by atoms with Crippen LogP contribution in [0.25, 0.3) is 10.8 Å². The standard InChI is InChI=1S/C50H58N4O5/c1-9-45(55)58-32-13-11-10-12-31-57-38-24-19-36(20-25-38)47(56)59-39-22-17-35(18-23-39)29-30-50(8)51-43-16-14-15-40-42(27-28-44(52-50)46(40)43)54-53-41-26-21-37(33-34(41)2)49(6,7)48(3,4)5/h9,14-28,33,51-52H,1,10-13,29-32H2,2-8H3/b54-53+. The summed E-state index contributed by atoms with van der Waals surface area (Å²) in [5, 5.41) is 19.1. The Bertz CT molecular complexity index is 2290. The van der Waals surface area contributed by atoms with Crippen LogP contribution in [-0.2, 0) is 21.4 Å². The van der Waals surface area contributed by atoms with Crippen LogP contribution in [0.3, 0.4) is 0 Å². The molecule has 0 saturated carbocycles. The molecule has 6 rings (SSSR count). The van der Waals surface area contributed by atoms with E-state index in [1.165, 1.54) is 11.6 Å². The smallest absolute Gasteiger partial charge is 0.343 e. The third kappa shape index (κ3) is 10.6. The van der Waals surface area contributed by atoms with Gasteiger partial charge >= 0.3 is 11.9 Å². The molecule has 5 aromatic rings. The Morgan fingerprint density at radius 3 is 2.08 bits per heavy atom. The van der Waals surface area contributed by atoms with Gasteiger partial charge < -0.3 is 24.8 Å². The van der Waals surface area contributed by atoms with Crippen molar-refractivity contribution in [3.8, 4) is 11.5 Å². The maximum Gasteiger partial charge on any atom is 0.343 e. The van der Waals surface area contributed by atoms with Gasteiger partial charge in [0.2, 0.25) is 0 Å². The summed E-state index contributed by atoms with van der Waals surface area (Å²) in [7, 11) is 0. The minimum absolute atomic E-state index is 0.0161. The number of aryl methyl sites for hydroxylation is 2. The molecule has 0 radical (unpaired) electrons. The molecule has 9 nitrogen and oxygen atoms in total. The number of rotatable bonds is 17. The summed E-state index contributed by atoms with van der Waals surface area (Å²) < 4.78 is 16.5. The molecule has 0 spiro atoms. The number of nitrogens with zero attached hydrogens (tertiary/aromatic N) is 2. The van der Waals surface area contributed by atoms with Gasteiger partial charge in [0, 0.05) is 28.2 Å². The van der Waals surface area contributed by atoms with Gasteiger partial charge in [-0.3, -0.25) is 0 Å². The minimum atomic E-state index is -0.424. The van der Waals surface area contributed by atoms with Crippen LogP contribution in [0.4, 0.5) is 22.7 Å². The van der Waals surface area contributed by atoms with Crippen molar-refractivity contribution >= 4 is 45.5 Å². The summed E-state index contributed by atoms with van der Waals surface area (Å²) in [6.45, 7) is 20.1. The highest BCUT2D eigenvalue weighted by molar-refractivity contribution is 6.09. The van der Waals surface area contributed by atoms with Gasteiger partial charge in [0.05, 0.1) is 30.2 Å². The van der Waals surface area contributed by atoms with E-state index < -0.39 is 11.6 Å². The van der Waals surface area contributed by atoms with Gasteiger partial charge in [-0.2, -0.15) is 5.11 Å². The average molecular weight is 795 g/mol. The summed E-state index contributed by atoms with van der Waals surface area (Å²) in [4.78, 5) is 24.0. The van der Waals surface area contributed by atoms with Crippen LogP contribution in [0.5, 0.6) is 11.5 Å². The van der Waals surface area contributed by atoms with Crippen molar-refractivity contribution in [2.45, 2.75) is 98.1 Å². The molecule has 0 fully saturated rings. The number of hydrogen-bond donors (Lipinski definition) is 2. The number of nitrogens with one attached hydrogen (secondary N) is 2. The van der Waals surface area contributed by atoms with Crippen LogP contribution >= 0.6 is 0 Å². The number of azo groups is 1. The van der Waals surface area contributed by atoms with Crippen molar-refractivity contribution in [1.29, 1.82) is 0 Å². The van der Waals surface area contributed by atoms with Crippen molar-refractivity contribution in [3.63, 3.8) is 0 Å². The van der Waals surface area contributed by atoms with Crippen LogP contribution in [0.1, 0.15) is 101 Å². The molecule has 0 aromatic heterocycles. The molecule has 5 aromatic carbocycles. The second-order valence-electron chi connectivity index (χ2n) is 17.2. The lowest BCUT2D eigenvalue weighted by atomic mass is 9.65. The highest BCUT2D eigenvalue weighted by Crippen LogP contribution is 2.44. The Hall–Kier alpha value is -5.96. The summed E-state index contributed by atoms with van der Waals surface area (Å²) in [5.74, 6) is 0.371. The van der Waals surface area contributed by atoms with Crippen molar-refractivity contribution in [2.24, 2.45) is 15.6 Å². The Balaban J connectivity index is 0.995. The van der Waals surface area contributed by atoms with E-state index >= 15 is 0 Å². The Morgan fingerprint density at radius 2 is 1.41 bits per heavy atom. The number of unbranched alkanes of at least 4 members (excludes halogenated alkanes) is 3. The van der Waals surface area contributed by atoms with E-state index in [4.69, 9.17) is 24.4 Å². The van der Waals surface area contributed by atoms with E-state index in [1.54, 1.807) is 24.3 Å². The first-order chi connectivity index (χ1) is 28.2. The predicted molar refractivity (Wildman–Crippen MR) is 239 cm³/mol. The van der Waals surface area contributed by atoms with Crippen LogP contribution < -0.4 is 20.1 Å². The summed E-state index contributed by atoms with van der Waals surface area (Å²) in [6, 6.07) is 31.6. The molecule has 0 aliphatic carbocycles. The van der Waals surface area contributed by atoms with Crippen LogP contribution in [0.15, 0.2) is 120 Å². The molecule has 0 bridgehead atoms. The molecular weight excluding hydrogens is 737 g/mol. The van der Waals surface area contributed by atoms with E-state index in [9.17, 15) is 9.59 Å². The molecule has 1 aliphatic rings. The van der Waals surface area contributed by atoms with Gasteiger partial charge in [-0.25, -0.2) is 9.59 Å². The first kappa shape index (κ1) is 42.6. The molecule has 1 aliphatic heterocycles. The number of carbonyl (C=O) groups is 2. The lowest BCUT2D eigenvalue weighted by Crippen LogP contribution is -2.45. The van der Waals surface area contributed by atoms with Gasteiger partial charge in [0.25, 0.3) is 0 Å². The third-order valence-corrected chi connectivity index (χ3v) is 11.8. The molecule has 1 heterocycles. The molecule has 59 heavy (non-hydrogen) atoms. The van der Waals surface area contributed by atoms with Crippen LogP contribution in [0.2, 0.25) is 0 Å². The molecular formula is C50H58N4O5. The van der Waals surface area contributed by atoms with E-state index in [2.05, 4.69) is 108 Å². The normalized spacial score (nSPS) is 15.0. The van der Waals surface area contributed by atoms with Gasteiger partial charge in [0.1, 0.15) is 17.2 Å². The first-order valence-electron chi connectivity index (χ1n) is 20.6. The average Bonchev–Trinajstić information content (AvgIpc) is 3.21. The predicted octanol–water partition coefficient (Wildman–Crippen LogP) is 13.0. The summed E-state index contributed by atoms with van der Waals surface area (Å²) in [6.07, 6.45) is 6.40. The molecule has 1 atom stereocenters. The number of carbonyl (C=O) groups excluding carboxylic acids is 2. The highest BCUT2D eigenvalue weighted by Gasteiger charge is 2.34. The largest absolute Gasteiger partial charge is 0.494 e. The second kappa shape index (κ2) is 18.3. The van der Waals surface area contributed by atoms with E-state index in [-0.39, 0.29) is 16.8 Å². The maximum atomic E-state index is 12.9. The molecule has 2 N–H and O–H groups in total. The molecule has 0 saturated heterocycles. The highest BCUT2D eigenvalue weighted by atomic mass is 16.5.